The maximum absolute atomic E-state index is 12.5. The molecule has 0 spiro atoms. The van der Waals surface area contributed by atoms with Crippen LogP contribution in [-0.4, -0.2) is 30.6 Å². The lowest BCUT2D eigenvalue weighted by molar-refractivity contribution is -0.122. The van der Waals surface area contributed by atoms with Crippen LogP contribution in [0.25, 0.3) is 0 Å². The third kappa shape index (κ3) is 3.99. The summed E-state index contributed by atoms with van der Waals surface area (Å²) in [6, 6.07) is 7.28. The molecule has 0 unspecified atom stereocenters. The smallest absolute Gasteiger partial charge is 0.321 e. The molecule has 3 amide bonds. The number of hydrogen-bond acceptors (Lipinski definition) is 3. The average molecular weight is 353 g/mol. The summed E-state index contributed by atoms with van der Waals surface area (Å²) in [6.45, 7) is 1.39. The van der Waals surface area contributed by atoms with Gasteiger partial charge < -0.3 is 16.4 Å². The van der Waals surface area contributed by atoms with Gasteiger partial charge in [-0.1, -0.05) is 25.3 Å². The summed E-state index contributed by atoms with van der Waals surface area (Å²) in [4.78, 5) is 26.1. The minimum atomic E-state index is -0.767. The zero-order valence-electron chi connectivity index (χ0n) is 13.7. The highest BCUT2D eigenvalue weighted by molar-refractivity contribution is 5.99. The van der Waals surface area contributed by atoms with E-state index < -0.39 is 5.54 Å². The van der Waals surface area contributed by atoms with Crippen LogP contribution in [0.2, 0.25) is 0 Å². The molecule has 3 rings (SSSR count). The second-order valence-corrected chi connectivity index (χ2v) is 6.46. The molecule has 1 aliphatic heterocycles. The third-order valence-electron chi connectivity index (χ3n) is 4.69. The molecule has 7 heteroatoms. The number of nitrogens with one attached hydrogen (secondary N) is 2. The molecule has 6 nitrogen and oxygen atoms in total. The van der Waals surface area contributed by atoms with Crippen LogP contribution in [0.15, 0.2) is 24.3 Å². The van der Waals surface area contributed by atoms with Gasteiger partial charge in [-0.2, -0.15) is 0 Å². The van der Waals surface area contributed by atoms with Crippen LogP contribution in [0.1, 0.15) is 38.5 Å². The van der Waals surface area contributed by atoms with Crippen molar-refractivity contribution in [3.63, 3.8) is 0 Å². The number of carbonyl (C=O) groups excluding carboxylic acids is 2. The molecule has 0 radical (unpaired) electrons. The van der Waals surface area contributed by atoms with Crippen LogP contribution in [0.3, 0.4) is 0 Å². The summed E-state index contributed by atoms with van der Waals surface area (Å²) in [5, 5.41) is 5.75. The molecule has 0 atom stereocenters. The fourth-order valence-electron chi connectivity index (χ4n) is 3.29. The van der Waals surface area contributed by atoms with Gasteiger partial charge in [-0.05, 0) is 37.5 Å². The van der Waals surface area contributed by atoms with Crippen molar-refractivity contribution in [2.75, 3.05) is 23.3 Å². The maximum atomic E-state index is 12.5. The monoisotopic (exact) mass is 352 g/mol. The molecule has 1 aromatic carbocycles. The molecule has 24 heavy (non-hydrogen) atoms. The van der Waals surface area contributed by atoms with E-state index in [4.69, 9.17) is 5.73 Å². The Kier molecular flexibility index (Phi) is 6.07. The van der Waals surface area contributed by atoms with E-state index in [-0.39, 0.29) is 24.3 Å². The number of nitrogens with two attached hydrogens (primary N) is 1. The van der Waals surface area contributed by atoms with Gasteiger partial charge in [0.15, 0.2) is 0 Å². The summed E-state index contributed by atoms with van der Waals surface area (Å²) in [5.41, 5.74) is 6.97. The first-order valence-corrected chi connectivity index (χ1v) is 8.34. The summed E-state index contributed by atoms with van der Waals surface area (Å²) < 4.78 is 0. The molecule has 2 fully saturated rings. The second kappa shape index (κ2) is 7.85. The summed E-state index contributed by atoms with van der Waals surface area (Å²) in [7, 11) is 0. The van der Waals surface area contributed by atoms with Crippen LogP contribution >= 0.6 is 12.4 Å². The van der Waals surface area contributed by atoms with E-state index in [0.29, 0.717) is 18.8 Å². The van der Waals surface area contributed by atoms with E-state index in [2.05, 4.69) is 10.6 Å². The highest BCUT2D eigenvalue weighted by atomic mass is 35.5. The van der Waals surface area contributed by atoms with E-state index >= 15 is 0 Å². The van der Waals surface area contributed by atoms with E-state index in [1.54, 1.807) is 4.90 Å². The standard InChI is InChI=1S/C17H24N4O2.ClH/c18-17(8-2-1-3-9-17)15(22)20-13-6-4-7-14(12-13)21-11-5-10-19-16(21)23;/h4,6-7,12H,1-3,5,8-11,18H2,(H,19,23)(H,20,22);1H. The summed E-state index contributed by atoms with van der Waals surface area (Å²) >= 11 is 0. The number of carbonyl (C=O) groups is 2. The predicted octanol–water partition coefficient (Wildman–Crippen LogP) is 2.63. The van der Waals surface area contributed by atoms with E-state index in [0.717, 1.165) is 44.2 Å². The number of benzene rings is 1. The van der Waals surface area contributed by atoms with Gasteiger partial charge in [0.2, 0.25) is 5.91 Å². The van der Waals surface area contributed by atoms with Gasteiger partial charge >= 0.3 is 6.03 Å². The number of anilines is 2. The van der Waals surface area contributed by atoms with Crippen LogP contribution in [0, 0.1) is 0 Å². The average Bonchev–Trinajstić information content (AvgIpc) is 2.56. The Labute approximate surface area is 148 Å². The van der Waals surface area contributed by atoms with Gasteiger partial charge in [0.1, 0.15) is 0 Å². The quantitative estimate of drug-likeness (QED) is 0.781. The number of hydrogen-bond donors (Lipinski definition) is 3. The minimum Gasteiger partial charge on any atom is -0.338 e. The summed E-state index contributed by atoms with van der Waals surface area (Å²) in [6.07, 6.45) is 5.51. The van der Waals surface area contributed by atoms with E-state index in [1.807, 2.05) is 24.3 Å². The lowest BCUT2D eigenvalue weighted by atomic mass is 9.82. The van der Waals surface area contributed by atoms with Crippen molar-refractivity contribution in [2.24, 2.45) is 5.73 Å². The predicted molar refractivity (Wildman–Crippen MR) is 97.7 cm³/mol. The molecule has 1 saturated heterocycles. The van der Waals surface area contributed by atoms with Crippen molar-refractivity contribution < 1.29 is 9.59 Å². The third-order valence-corrected chi connectivity index (χ3v) is 4.69. The number of rotatable bonds is 3. The fraction of sp³-hybridized carbons (Fsp3) is 0.529. The van der Waals surface area contributed by atoms with Gasteiger partial charge in [0, 0.05) is 24.5 Å². The first-order valence-electron chi connectivity index (χ1n) is 8.34. The minimum absolute atomic E-state index is 0. The van der Waals surface area contributed by atoms with Crippen molar-refractivity contribution in [3.05, 3.63) is 24.3 Å². The molecule has 1 saturated carbocycles. The van der Waals surface area contributed by atoms with Crippen molar-refractivity contribution >= 4 is 35.7 Å². The van der Waals surface area contributed by atoms with Crippen molar-refractivity contribution in [1.82, 2.24) is 5.32 Å². The molecule has 1 aliphatic carbocycles. The highest BCUT2D eigenvalue weighted by Crippen LogP contribution is 2.28. The fourth-order valence-corrected chi connectivity index (χ4v) is 3.29. The van der Waals surface area contributed by atoms with E-state index in [1.165, 1.54) is 0 Å². The summed E-state index contributed by atoms with van der Waals surface area (Å²) in [5.74, 6) is -0.127. The molecule has 132 valence electrons. The van der Waals surface area contributed by atoms with Gasteiger partial charge in [-0.15, -0.1) is 12.4 Å². The Morgan fingerprint density at radius 3 is 2.67 bits per heavy atom. The second-order valence-electron chi connectivity index (χ2n) is 6.46. The van der Waals surface area contributed by atoms with Crippen molar-refractivity contribution in [2.45, 2.75) is 44.1 Å². The van der Waals surface area contributed by atoms with Crippen LogP contribution in [-0.2, 0) is 4.79 Å². The van der Waals surface area contributed by atoms with Crippen LogP contribution in [0.5, 0.6) is 0 Å². The molecule has 2 aliphatic rings. The Morgan fingerprint density at radius 2 is 1.96 bits per heavy atom. The Balaban J connectivity index is 0.00000208. The molecular weight excluding hydrogens is 328 g/mol. The normalized spacial score (nSPS) is 19.9. The Bertz CT molecular complexity index is 602. The maximum Gasteiger partial charge on any atom is 0.321 e. The number of nitrogens with zero attached hydrogens (tertiary/aromatic N) is 1. The van der Waals surface area contributed by atoms with Crippen molar-refractivity contribution in [1.29, 1.82) is 0 Å². The van der Waals surface area contributed by atoms with Gasteiger partial charge in [-0.3, -0.25) is 9.69 Å². The first kappa shape index (κ1) is 18.5. The molecular formula is C17H25ClN4O2. The lowest BCUT2D eigenvalue weighted by Crippen LogP contribution is -2.52. The van der Waals surface area contributed by atoms with Crippen molar-refractivity contribution in [3.8, 4) is 0 Å². The topological polar surface area (TPSA) is 87.5 Å². The molecule has 1 aromatic rings. The molecule has 0 bridgehead atoms. The molecule has 1 heterocycles. The Hall–Kier alpha value is -1.79. The number of amides is 3. The van der Waals surface area contributed by atoms with E-state index in [9.17, 15) is 9.59 Å². The van der Waals surface area contributed by atoms with Gasteiger partial charge in [0.05, 0.1) is 5.54 Å². The first-order chi connectivity index (χ1) is 11.1. The zero-order valence-corrected chi connectivity index (χ0v) is 14.5. The molecule has 0 aromatic heterocycles. The van der Waals surface area contributed by atoms with Crippen LogP contribution < -0.4 is 21.3 Å². The van der Waals surface area contributed by atoms with Crippen LogP contribution in [0.4, 0.5) is 16.2 Å². The van der Waals surface area contributed by atoms with Gasteiger partial charge in [-0.25, -0.2) is 4.79 Å². The highest BCUT2D eigenvalue weighted by Gasteiger charge is 2.35. The van der Waals surface area contributed by atoms with Gasteiger partial charge in [0.25, 0.3) is 0 Å². The largest absolute Gasteiger partial charge is 0.338 e. The lowest BCUT2D eigenvalue weighted by Gasteiger charge is -2.32. The molecule has 4 N–H and O–H groups in total. The Morgan fingerprint density at radius 1 is 1.21 bits per heavy atom. The number of halogens is 1. The SMILES string of the molecule is Cl.NC1(C(=O)Nc2cccc(N3CCCNC3=O)c2)CCCCC1. The zero-order chi connectivity index (χ0) is 16.3. The number of urea groups is 1.